The van der Waals surface area contributed by atoms with E-state index < -0.39 is 0 Å². The van der Waals surface area contributed by atoms with Crippen LogP contribution in [0.25, 0.3) is 11.1 Å². The molecule has 1 heterocycles. The van der Waals surface area contributed by atoms with Crippen LogP contribution in [0, 0.1) is 0 Å². The Hall–Kier alpha value is -2.58. The average molecular weight is 416 g/mol. The quantitative estimate of drug-likeness (QED) is 0.423. The summed E-state index contributed by atoms with van der Waals surface area (Å²) in [5.41, 5.74) is 6.27. The summed E-state index contributed by atoms with van der Waals surface area (Å²) >= 11 is 3.65. The molecule has 1 atom stereocenters. The Balaban J connectivity index is 1.78. The minimum Gasteiger partial charge on any atom is -0.335 e. The minimum absolute atomic E-state index is 0.253. The molecule has 1 unspecified atom stereocenters. The van der Waals surface area contributed by atoms with Gasteiger partial charge in [-0.05, 0) is 54.3 Å². The second kappa shape index (κ2) is 7.98. The van der Waals surface area contributed by atoms with Crippen LogP contribution in [0.4, 0.5) is 11.4 Å². The summed E-state index contributed by atoms with van der Waals surface area (Å²) < 4.78 is 1.10. The standard InChI is InChI=1S/C25H22BrN/c1-19-8-4-2-7-11-22-12-15-23(26)18-25(22)27(19)24-16-13-21(14-17-24)20-9-5-3-6-10-20/h2-10,12-19H,11H2,1H3/b7-2-,8-4-. The lowest BCUT2D eigenvalue weighted by Crippen LogP contribution is -2.27. The van der Waals surface area contributed by atoms with Crippen LogP contribution < -0.4 is 4.90 Å². The number of halogens is 1. The number of hydrogen-bond acceptors (Lipinski definition) is 1. The molecule has 4 rings (SSSR count). The Bertz CT molecular complexity index is 971. The minimum atomic E-state index is 0.253. The van der Waals surface area contributed by atoms with Gasteiger partial charge in [0.25, 0.3) is 0 Å². The van der Waals surface area contributed by atoms with Crippen LogP contribution in [0.1, 0.15) is 12.5 Å². The SMILES string of the molecule is CC1/C=C\C=C/Cc2ccc(Br)cc2N1c1ccc(-c2ccccc2)cc1. The van der Waals surface area contributed by atoms with Crippen molar-refractivity contribution in [1.29, 1.82) is 0 Å². The van der Waals surface area contributed by atoms with Crippen LogP contribution in [-0.4, -0.2) is 6.04 Å². The van der Waals surface area contributed by atoms with Crippen molar-refractivity contribution in [3.05, 3.63) is 107 Å². The van der Waals surface area contributed by atoms with Crippen molar-refractivity contribution < 1.29 is 0 Å². The van der Waals surface area contributed by atoms with E-state index >= 15 is 0 Å². The van der Waals surface area contributed by atoms with Crippen molar-refractivity contribution in [3.8, 4) is 11.1 Å². The van der Waals surface area contributed by atoms with Crippen LogP contribution in [0.2, 0.25) is 0 Å². The van der Waals surface area contributed by atoms with Crippen molar-refractivity contribution in [1.82, 2.24) is 0 Å². The molecule has 0 spiro atoms. The third kappa shape index (κ3) is 3.91. The molecule has 27 heavy (non-hydrogen) atoms. The molecule has 1 aliphatic heterocycles. The van der Waals surface area contributed by atoms with E-state index in [-0.39, 0.29) is 6.04 Å². The smallest absolute Gasteiger partial charge is 0.0497 e. The Kier molecular flexibility index (Phi) is 5.26. The van der Waals surface area contributed by atoms with Gasteiger partial charge in [-0.3, -0.25) is 0 Å². The lowest BCUT2D eigenvalue weighted by atomic mass is 10.0. The summed E-state index contributed by atoms with van der Waals surface area (Å²) in [7, 11) is 0. The van der Waals surface area contributed by atoms with Gasteiger partial charge in [-0.25, -0.2) is 0 Å². The third-order valence-electron chi connectivity index (χ3n) is 4.94. The largest absolute Gasteiger partial charge is 0.335 e. The fraction of sp³-hybridized carbons (Fsp3) is 0.120. The van der Waals surface area contributed by atoms with E-state index in [4.69, 9.17) is 0 Å². The highest BCUT2D eigenvalue weighted by Gasteiger charge is 2.18. The molecule has 3 aromatic rings. The first-order valence-electron chi connectivity index (χ1n) is 9.29. The van der Waals surface area contributed by atoms with E-state index in [0.29, 0.717) is 0 Å². The molecule has 0 saturated carbocycles. The van der Waals surface area contributed by atoms with Gasteiger partial charge in [0.1, 0.15) is 0 Å². The lowest BCUT2D eigenvalue weighted by Gasteiger charge is -2.31. The molecule has 0 bridgehead atoms. The van der Waals surface area contributed by atoms with E-state index in [1.165, 1.54) is 28.1 Å². The molecular weight excluding hydrogens is 394 g/mol. The number of fused-ring (bicyclic) bond motifs is 1. The van der Waals surface area contributed by atoms with Crippen LogP contribution >= 0.6 is 15.9 Å². The average Bonchev–Trinajstić information content (AvgIpc) is 2.77. The fourth-order valence-electron chi connectivity index (χ4n) is 3.56. The normalized spacial score (nSPS) is 18.7. The van der Waals surface area contributed by atoms with Gasteiger partial charge >= 0.3 is 0 Å². The number of rotatable bonds is 2. The molecule has 0 N–H and O–H groups in total. The summed E-state index contributed by atoms with van der Waals surface area (Å²) in [6.45, 7) is 2.24. The molecule has 0 radical (unpaired) electrons. The van der Waals surface area contributed by atoms with Crippen molar-refractivity contribution in [2.75, 3.05) is 4.90 Å². The van der Waals surface area contributed by atoms with Gasteiger partial charge < -0.3 is 4.90 Å². The summed E-state index contributed by atoms with van der Waals surface area (Å²) in [6.07, 6.45) is 9.69. The zero-order valence-corrected chi connectivity index (χ0v) is 16.9. The van der Waals surface area contributed by atoms with Gasteiger partial charge in [0, 0.05) is 21.9 Å². The molecule has 134 valence electrons. The summed E-state index contributed by atoms with van der Waals surface area (Å²) in [5, 5.41) is 0. The van der Waals surface area contributed by atoms with Crippen LogP contribution in [0.3, 0.4) is 0 Å². The van der Waals surface area contributed by atoms with E-state index in [0.717, 1.165) is 10.9 Å². The van der Waals surface area contributed by atoms with Gasteiger partial charge in [0.2, 0.25) is 0 Å². The highest BCUT2D eigenvalue weighted by molar-refractivity contribution is 9.10. The van der Waals surface area contributed by atoms with E-state index in [1.54, 1.807) is 0 Å². The first-order valence-corrected chi connectivity index (χ1v) is 10.1. The first kappa shape index (κ1) is 17.8. The molecule has 0 amide bonds. The molecule has 3 aromatic carbocycles. The van der Waals surface area contributed by atoms with Gasteiger partial charge in [-0.1, -0.05) is 88.8 Å². The monoisotopic (exact) mass is 415 g/mol. The predicted octanol–water partition coefficient (Wildman–Crippen LogP) is 7.31. The Morgan fingerprint density at radius 2 is 1.59 bits per heavy atom. The summed E-state index contributed by atoms with van der Waals surface area (Å²) in [4.78, 5) is 2.42. The highest BCUT2D eigenvalue weighted by atomic mass is 79.9. The maximum Gasteiger partial charge on any atom is 0.0497 e. The topological polar surface area (TPSA) is 3.24 Å². The molecule has 0 aromatic heterocycles. The number of benzene rings is 3. The molecule has 0 saturated heterocycles. The number of nitrogens with zero attached hydrogens (tertiary/aromatic N) is 1. The number of anilines is 2. The maximum atomic E-state index is 3.65. The van der Waals surface area contributed by atoms with Gasteiger partial charge in [-0.2, -0.15) is 0 Å². The van der Waals surface area contributed by atoms with Crippen LogP contribution in [0.15, 0.2) is 102 Å². The number of allylic oxidation sites excluding steroid dienone is 3. The fourth-order valence-corrected chi connectivity index (χ4v) is 3.91. The molecule has 2 heteroatoms. The van der Waals surface area contributed by atoms with Crippen molar-refractivity contribution in [2.45, 2.75) is 19.4 Å². The van der Waals surface area contributed by atoms with E-state index in [9.17, 15) is 0 Å². The third-order valence-corrected chi connectivity index (χ3v) is 5.43. The zero-order valence-electron chi connectivity index (χ0n) is 15.3. The zero-order chi connectivity index (χ0) is 18.6. The van der Waals surface area contributed by atoms with E-state index in [1.807, 2.05) is 0 Å². The van der Waals surface area contributed by atoms with Crippen LogP contribution in [-0.2, 0) is 6.42 Å². The van der Waals surface area contributed by atoms with Gasteiger partial charge in [-0.15, -0.1) is 0 Å². The van der Waals surface area contributed by atoms with Crippen molar-refractivity contribution >= 4 is 27.3 Å². The Morgan fingerprint density at radius 3 is 2.37 bits per heavy atom. The van der Waals surface area contributed by atoms with Crippen molar-refractivity contribution in [3.63, 3.8) is 0 Å². The van der Waals surface area contributed by atoms with E-state index in [2.05, 4.69) is 125 Å². The Morgan fingerprint density at radius 1 is 0.852 bits per heavy atom. The van der Waals surface area contributed by atoms with Gasteiger partial charge in [0.15, 0.2) is 0 Å². The molecule has 1 nitrogen and oxygen atoms in total. The predicted molar refractivity (Wildman–Crippen MR) is 120 cm³/mol. The van der Waals surface area contributed by atoms with Crippen molar-refractivity contribution in [2.24, 2.45) is 0 Å². The first-order chi connectivity index (χ1) is 13.2. The lowest BCUT2D eigenvalue weighted by molar-refractivity contribution is 0.859. The van der Waals surface area contributed by atoms with Crippen LogP contribution in [0.5, 0.6) is 0 Å². The number of hydrogen-bond donors (Lipinski definition) is 0. The summed E-state index contributed by atoms with van der Waals surface area (Å²) in [5.74, 6) is 0. The highest BCUT2D eigenvalue weighted by Crippen LogP contribution is 2.35. The second-order valence-electron chi connectivity index (χ2n) is 6.81. The molecule has 0 fully saturated rings. The van der Waals surface area contributed by atoms with Gasteiger partial charge in [0.05, 0.1) is 0 Å². The molecule has 0 aliphatic carbocycles. The summed E-state index contributed by atoms with van der Waals surface area (Å²) in [6, 6.07) is 26.2. The second-order valence-corrected chi connectivity index (χ2v) is 7.73. The Labute approximate surface area is 169 Å². The molecule has 1 aliphatic rings. The maximum absolute atomic E-state index is 3.65. The molecular formula is C25H22BrN.